The predicted molar refractivity (Wildman–Crippen MR) is 186 cm³/mol. The Morgan fingerprint density at radius 1 is 0.732 bits per heavy atom. The van der Waals surface area contributed by atoms with Gasteiger partial charge in [0.25, 0.3) is 0 Å². The van der Waals surface area contributed by atoms with E-state index < -0.39 is 92.4 Å². The summed E-state index contributed by atoms with van der Waals surface area (Å²) in [7, 11) is 1.33. The van der Waals surface area contributed by atoms with Gasteiger partial charge in [0, 0.05) is 23.8 Å². The topological polar surface area (TPSA) is 304 Å². The van der Waals surface area contributed by atoms with Crippen LogP contribution in [0.1, 0.15) is 22.8 Å². The Bertz CT molecular complexity index is 1950. The summed E-state index contributed by atoms with van der Waals surface area (Å²) in [5, 5.41) is 113. The molecule has 0 saturated carbocycles. The molecule has 0 bridgehead atoms. The molecule has 19 nitrogen and oxygen atoms in total. The Balaban J connectivity index is 1.14. The van der Waals surface area contributed by atoms with Crippen LogP contribution in [0.2, 0.25) is 0 Å². The fraction of sp³-hybridized carbons (Fsp3) is 0.378. The fourth-order valence-corrected chi connectivity index (χ4v) is 6.11. The van der Waals surface area contributed by atoms with Crippen molar-refractivity contribution in [1.29, 1.82) is 0 Å². The zero-order valence-corrected chi connectivity index (χ0v) is 29.3. The molecular weight excluding hydrogens is 748 g/mol. The molecule has 302 valence electrons. The quantitative estimate of drug-likeness (QED) is 0.0841. The van der Waals surface area contributed by atoms with E-state index in [1.165, 1.54) is 61.7 Å². The molecular formula is C37H40O19. The van der Waals surface area contributed by atoms with Crippen molar-refractivity contribution in [3.8, 4) is 40.2 Å². The fourth-order valence-electron chi connectivity index (χ4n) is 6.11. The minimum atomic E-state index is -1.86. The van der Waals surface area contributed by atoms with E-state index in [0.717, 1.165) is 12.1 Å². The molecule has 56 heavy (non-hydrogen) atoms. The molecule has 3 heterocycles. The van der Waals surface area contributed by atoms with Gasteiger partial charge in [-0.05, 0) is 42.0 Å². The maximum absolute atomic E-state index is 12.7. The highest BCUT2D eigenvalue weighted by molar-refractivity contribution is 5.87. The molecule has 11 unspecified atom stereocenters. The molecule has 0 radical (unpaired) electrons. The molecule has 3 aliphatic heterocycles. The summed E-state index contributed by atoms with van der Waals surface area (Å²) in [6, 6.07) is 10.4. The number of benzene rings is 3. The standard InChI is InChI=1S/C37H40O19/c1-50-23-9-16(4-6-19(23)40)35-25(12-18-21(42)10-17(39)11-22(18)52-35)54-37-34(49)32(47)30(45)27(56-37)14-51-28(43)7-3-15-2-5-20(41)24(8-15)53-36-33(48)31(46)29(44)26(13-38)55-36/h2-12,26-27,29-42,44-49H,13-14H2,1H3. The number of phenolic OH excluding ortho intramolecular Hbond substituents is 4. The SMILES string of the molecule is COc1cc(C2Oc3cc(O)cc(O)c3C=C2OC2OC(COC(=O)C=Cc3ccc(O)c(OC4OC(CO)C(O)C(O)C4O)c3)C(O)C(O)C2O)ccc1O. The van der Waals surface area contributed by atoms with Crippen LogP contribution in [0.4, 0.5) is 0 Å². The molecule has 0 aromatic heterocycles. The van der Waals surface area contributed by atoms with Gasteiger partial charge in [0.1, 0.15) is 78.4 Å². The van der Waals surface area contributed by atoms with Gasteiger partial charge < -0.3 is 89.3 Å². The van der Waals surface area contributed by atoms with Crippen molar-refractivity contribution in [3.05, 3.63) is 77.1 Å². The summed E-state index contributed by atoms with van der Waals surface area (Å²) < 4.78 is 39.0. The van der Waals surface area contributed by atoms with Crippen molar-refractivity contribution in [2.75, 3.05) is 20.3 Å². The highest BCUT2D eigenvalue weighted by Gasteiger charge is 2.47. The van der Waals surface area contributed by atoms with Crippen LogP contribution in [0.3, 0.4) is 0 Å². The zero-order valence-electron chi connectivity index (χ0n) is 29.3. The maximum Gasteiger partial charge on any atom is 0.330 e. The van der Waals surface area contributed by atoms with Crippen LogP contribution in [-0.2, 0) is 23.7 Å². The van der Waals surface area contributed by atoms with E-state index in [-0.39, 0.29) is 51.4 Å². The van der Waals surface area contributed by atoms with Gasteiger partial charge in [-0.1, -0.05) is 12.1 Å². The highest BCUT2D eigenvalue weighted by Crippen LogP contribution is 2.45. The smallest absolute Gasteiger partial charge is 0.330 e. The van der Waals surface area contributed by atoms with Gasteiger partial charge >= 0.3 is 5.97 Å². The van der Waals surface area contributed by atoms with E-state index in [1.54, 1.807) is 0 Å². The summed E-state index contributed by atoms with van der Waals surface area (Å²) in [5.41, 5.74) is 0.708. The summed E-state index contributed by atoms with van der Waals surface area (Å²) in [6.07, 6.45) is -14.2. The summed E-state index contributed by atoms with van der Waals surface area (Å²) in [4.78, 5) is 12.7. The lowest BCUT2D eigenvalue weighted by Gasteiger charge is -2.41. The molecule has 11 atom stereocenters. The van der Waals surface area contributed by atoms with Gasteiger partial charge in [0.15, 0.2) is 29.1 Å². The number of aliphatic hydroxyl groups is 7. The van der Waals surface area contributed by atoms with Crippen molar-refractivity contribution in [2.24, 2.45) is 0 Å². The average Bonchev–Trinajstić information content (AvgIpc) is 3.18. The number of aliphatic hydroxyl groups excluding tert-OH is 7. The molecule has 0 spiro atoms. The maximum atomic E-state index is 12.7. The minimum absolute atomic E-state index is 0.0511. The first-order valence-electron chi connectivity index (χ1n) is 17.0. The number of hydrogen-bond acceptors (Lipinski definition) is 19. The second kappa shape index (κ2) is 16.8. The molecule has 0 amide bonds. The van der Waals surface area contributed by atoms with Gasteiger partial charge in [0.2, 0.25) is 12.6 Å². The Morgan fingerprint density at radius 2 is 1.38 bits per heavy atom. The first-order valence-corrected chi connectivity index (χ1v) is 17.0. The van der Waals surface area contributed by atoms with Crippen LogP contribution in [0.5, 0.6) is 40.2 Å². The predicted octanol–water partition coefficient (Wildman–Crippen LogP) is -0.748. The van der Waals surface area contributed by atoms with Crippen molar-refractivity contribution in [1.82, 2.24) is 0 Å². The van der Waals surface area contributed by atoms with Crippen molar-refractivity contribution >= 4 is 18.1 Å². The minimum Gasteiger partial charge on any atom is -0.508 e. The Hall–Kier alpha value is -5.35. The number of ether oxygens (including phenoxy) is 7. The number of rotatable bonds is 11. The van der Waals surface area contributed by atoms with Gasteiger partial charge in [0.05, 0.1) is 19.3 Å². The lowest BCUT2D eigenvalue weighted by atomic mass is 9.98. The van der Waals surface area contributed by atoms with Crippen LogP contribution in [0.25, 0.3) is 12.2 Å². The second-order valence-corrected chi connectivity index (χ2v) is 13.0. The number of carbonyl (C=O) groups is 1. The number of aromatic hydroxyl groups is 4. The van der Waals surface area contributed by atoms with E-state index in [0.29, 0.717) is 5.56 Å². The van der Waals surface area contributed by atoms with Crippen molar-refractivity contribution in [2.45, 2.75) is 67.5 Å². The number of carbonyl (C=O) groups excluding carboxylic acids is 1. The van der Waals surface area contributed by atoms with Crippen molar-refractivity contribution in [3.63, 3.8) is 0 Å². The van der Waals surface area contributed by atoms with Gasteiger partial charge in [-0.2, -0.15) is 0 Å². The van der Waals surface area contributed by atoms with Crippen molar-refractivity contribution < 1.29 is 94.1 Å². The van der Waals surface area contributed by atoms with Crippen LogP contribution in [-0.4, -0.2) is 144 Å². The molecule has 0 aliphatic carbocycles. The first kappa shape index (κ1) is 40.3. The Morgan fingerprint density at radius 3 is 2.07 bits per heavy atom. The lowest BCUT2D eigenvalue weighted by molar-refractivity contribution is -0.294. The molecule has 2 fully saturated rings. The normalized spacial score (nSPS) is 30.1. The molecule has 19 heteroatoms. The molecule has 3 aromatic rings. The molecule has 2 saturated heterocycles. The second-order valence-electron chi connectivity index (χ2n) is 13.0. The van der Waals surface area contributed by atoms with Crippen LogP contribution < -0.4 is 14.2 Å². The third-order valence-electron chi connectivity index (χ3n) is 9.20. The zero-order chi connectivity index (χ0) is 40.4. The Kier molecular flexibility index (Phi) is 12.1. The monoisotopic (exact) mass is 788 g/mol. The third kappa shape index (κ3) is 8.40. The molecule has 3 aliphatic rings. The molecule has 6 rings (SSSR count). The number of phenols is 4. The van der Waals surface area contributed by atoms with E-state index in [9.17, 15) is 61.0 Å². The number of methoxy groups -OCH3 is 1. The van der Waals surface area contributed by atoms with Crippen LogP contribution >= 0.6 is 0 Å². The highest BCUT2D eigenvalue weighted by atomic mass is 16.7. The van der Waals surface area contributed by atoms with Gasteiger partial charge in [-0.15, -0.1) is 0 Å². The van der Waals surface area contributed by atoms with Gasteiger partial charge in [-0.3, -0.25) is 0 Å². The van der Waals surface area contributed by atoms with E-state index in [2.05, 4.69) is 0 Å². The molecule has 3 aromatic carbocycles. The lowest BCUT2D eigenvalue weighted by Crippen LogP contribution is -2.60. The number of hydrogen-bond donors (Lipinski definition) is 11. The average molecular weight is 789 g/mol. The van der Waals surface area contributed by atoms with Crippen LogP contribution in [0, 0.1) is 0 Å². The summed E-state index contributed by atoms with van der Waals surface area (Å²) in [6.45, 7) is -1.35. The van der Waals surface area contributed by atoms with E-state index in [4.69, 9.17) is 33.2 Å². The van der Waals surface area contributed by atoms with E-state index >= 15 is 0 Å². The molecule has 11 N–H and O–H groups in total. The van der Waals surface area contributed by atoms with E-state index in [1.807, 2.05) is 0 Å². The summed E-state index contributed by atoms with van der Waals surface area (Å²) in [5.74, 6) is -2.43. The van der Waals surface area contributed by atoms with Crippen LogP contribution in [0.15, 0.2) is 60.4 Å². The summed E-state index contributed by atoms with van der Waals surface area (Å²) >= 11 is 0. The first-order chi connectivity index (χ1) is 26.7. The number of fused-ring (bicyclic) bond motifs is 1. The third-order valence-corrected chi connectivity index (χ3v) is 9.20. The Labute approximate surface area is 317 Å². The largest absolute Gasteiger partial charge is 0.508 e. The number of esters is 1. The van der Waals surface area contributed by atoms with Gasteiger partial charge in [-0.25, -0.2) is 4.79 Å².